The van der Waals surface area contributed by atoms with Gasteiger partial charge in [0.2, 0.25) is 0 Å². The number of oxime groups is 1. The van der Waals surface area contributed by atoms with Crippen molar-refractivity contribution in [3.8, 4) is 0 Å². The van der Waals surface area contributed by atoms with Crippen molar-refractivity contribution in [3.05, 3.63) is 35.1 Å². The molecule has 1 aromatic rings. The number of carbonyl (C=O) groups is 1. The molecule has 1 unspecified atom stereocenters. The number of aryl methyl sites for hydroxylation is 1. The van der Waals surface area contributed by atoms with Crippen LogP contribution in [-0.2, 0) is 0 Å². The minimum atomic E-state index is -0.518. The fraction of sp³-hybridized carbons (Fsp3) is 0.385. The van der Waals surface area contributed by atoms with Crippen LogP contribution in [0.15, 0.2) is 23.4 Å². The summed E-state index contributed by atoms with van der Waals surface area (Å²) in [6.45, 7) is 3.55. The normalized spacial score (nSPS) is 13.2. The maximum absolute atomic E-state index is 13.8. The van der Waals surface area contributed by atoms with Crippen molar-refractivity contribution >= 4 is 11.7 Å². The van der Waals surface area contributed by atoms with Gasteiger partial charge in [-0.2, -0.15) is 0 Å². The number of carbonyl (C=O) groups excluding carboxylic acids is 1. The Kier molecular flexibility index (Phi) is 4.86. The summed E-state index contributed by atoms with van der Waals surface area (Å²) in [5.74, 6) is -1.23. The number of nitrogens with zero attached hydrogens (tertiary/aromatic N) is 2. The van der Waals surface area contributed by atoms with Crippen LogP contribution >= 0.6 is 0 Å². The average molecular weight is 267 g/mol. The molecule has 0 saturated carbocycles. The van der Waals surface area contributed by atoms with Crippen LogP contribution in [0.3, 0.4) is 0 Å². The van der Waals surface area contributed by atoms with Crippen LogP contribution in [0.1, 0.15) is 22.8 Å². The second-order valence-electron chi connectivity index (χ2n) is 4.55. The molecule has 104 valence electrons. The first-order valence-corrected chi connectivity index (χ1v) is 5.86. The highest BCUT2D eigenvalue weighted by atomic mass is 19.1. The second-order valence-corrected chi connectivity index (χ2v) is 4.55. The van der Waals surface area contributed by atoms with E-state index >= 15 is 0 Å². The Morgan fingerprint density at radius 3 is 2.79 bits per heavy atom. The lowest BCUT2D eigenvalue weighted by atomic mass is 10.1. The van der Waals surface area contributed by atoms with Gasteiger partial charge in [-0.1, -0.05) is 24.2 Å². The van der Waals surface area contributed by atoms with Crippen LogP contribution in [0.25, 0.3) is 0 Å². The van der Waals surface area contributed by atoms with Crippen LogP contribution < -0.4 is 5.73 Å². The van der Waals surface area contributed by atoms with E-state index in [1.807, 2.05) is 0 Å². The van der Waals surface area contributed by atoms with E-state index in [1.54, 1.807) is 33.0 Å². The predicted molar refractivity (Wildman–Crippen MR) is 70.7 cm³/mol. The Labute approximate surface area is 111 Å². The van der Waals surface area contributed by atoms with Gasteiger partial charge in [0.05, 0.1) is 5.56 Å². The topological polar surface area (TPSA) is 78.9 Å². The molecule has 19 heavy (non-hydrogen) atoms. The lowest BCUT2D eigenvalue weighted by Crippen LogP contribution is -2.36. The summed E-state index contributed by atoms with van der Waals surface area (Å²) in [5.41, 5.74) is 5.89. The van der Waals surface area contributed by atoms with Gasteiger partial charge in [0.1, 0.15) is 11.7 Å². The Morgan fingerprint density at radius 1 is 1.58 bits per heavy atom. The number of benzene rings is 1. The number of hydrogen-bond donors (Lipinski definition) is 2. The molecule has 0 saturated heterocycles. The van der Waals surface area contributed by atoms with Gasteiger partial charge in [-0.3, -0.25) is 4.79 Å². The zero-order chi connectivity index (χ0) is 14.6. The zero-order valence-electron chi connectivity index (χ0n) is 11.2. The monoisotopic (exact) mass is 267 g/mol. The minimum Gasteiger partial charge on any atom is -0.409 e. The molecular formula is C13H18FN3O2. The molecule has 1 amide bonds. The molecule has 1 atom stereocenters. The quantitative estimate of drug-likeness (QED) is 0.376. The van der Waals surface area contributed by atoms with Gasteiger partial charge in [0, 0.05) is 19.5 Å². The molecule has 1 aromatic carbocycles. The SMILES string of the molecule is Cc1cccc(C(=O)N(C)CC(C)/C(N)=N/O)c1F. The molecule has 6 heteroatoms. The van der Waals surface area contributed by atoms with E-state index < -0.39 is 11.7 Å². The third kappa shape index (κ3) is 3.43. The van der Waals surface area contributed by atoms with Crippen molar-refractivity contribution in [2.75, 3.05) is 13.6 Å². The summed E-state index contributed by atoms with van der Waals surface area (Å²) in [7, 11) is 1.55. The van der Waals surface area contributed by atoms with Crippen LogP contribution in [0.2, 0.25) is 0 Å². The molecule has 0 aliphatic carbocycles. The van der Waals surface area contributed by atoms with E-state index in [-0.39, 0.29) is 23.9 Å². The van der Waals surface area contributed by atoms with E-state index in [0.29, 0.717) is 5.56 Å². The molecule has 0 spiro atoms. The number of halogens is 1. The van der Waals surface area contributed by atoms with Crippen molar-refractivity contribution in [1.29, 1.82) is 0 Å². The van der Waals surface area contributed by atoms with E-state index in [4.69, 9.17) is 10.9 Å². The van der Waals surface area contributed by atoms with Gasteiger partial charge >= 0.3 is 0 Å². The van der Waals surface area contributed by atoms with E-state index in [0.717, 1.165) is 0 Å². The summed E-state index contributed by atoms with van der Waals surface area (Å²) < 4.78 is 13.8. The molecule has 0 aliphatic rings. The third-order valence-corrected chi connectivity index (χ3v) is 2.94. The molecule has 0 radical (unpaired) electrons. The average Bonchev–Trinajstić information content (AvgIpc) is 2.39. The molecule has 0 heterocycles. The van der Waals surface area contributed by atoms with Crippen LogP contribution in [0, 0.1) is 18.7 Å². The number of amidine groups is 1. The highest BCUT2D eigenvalue weighted by Gasteiger charge is 2.20. The highest BCUT2D eigenvalue weighted by molar-refractivity contribution is 5.95. The van der Waals surface area contributed by atoms with E-state index in [2.05, 4.69) is 5.16 Å². The summed E-state index contributed by atoms with van der Waals surface area (Å²) in [6, 6.07) is 4.67. The summed E-state index contributed by atoms with van der Waals surface area (Å²) in [5, 5.41) is 11.4. The Morgan fingerprint density at radius 2 is 2.21 bits per heavy atom. The summed E-state index contributed by atoms with van der Waals surface area (Å²) >= 11 is 0. The first kappa shape index (κ1) is 14.9. The molecule has 0 aromatic heterocycles. The maximum Gasteiger partial charge on any atom is 0.256 e. The molecule has 0 aliphatic heterocycles. The molecule has 3 N–H and O–H groups in total. The van der Waals surface area contributed by atoms with Gasteiger partial charge in [-0.25, -0.2) is 4.39 Å². The standard InChI is InChI=1S/C13H18FN3O2/c1-8-5-4-6-10(11(8)14)13(18)17(3)7-9(2)12(15)16-19/h4-6,9,19H,7H2,1-3H3,(H2,15,16). The van der Waals surface area contributed by atoms with Crippen LogP contribution in [0.5, 0.6) is 0 Å². The summed E-state index contributed by atoms with van der Waals surface area (Å²) in [4.78, 5) is 13.5. The molecule has 0 fully saturated rings. The smallest absolute Gasteiger partial charge is 0.256 e. The summed E-state index contributed by atoms with van der Waals surface area (Å²) in [6.07, 6.45) is 0. The predicted octanol–water partition coefficient (Wildman–Crippen LogP) is 1.59. The van der Waals surface area contributed by atoms with Gasteiger partial charge in [0.15, 0.2) is 0 Å². The molecule has 1 rings (SSSR count). The van der Waals surface area contributed by atoms with Crippen LogP contribution in [0.4, 0.5) is 4.39 Å². The van der Waals surface area contributed by atoms with Crippen molar-refractivity contribution in [2.24, 2.45) is 16.8 Å². The number of amides is 1. The lowest BCUT2D eigenvalue weighted by Gasteiger charge is -2.21. The number of nitrogens with two attached hydrogens (primary N) is 1. The van der Waals surface area contributed by atoms with Gasteiger partial charge in [-0.15, -0.1) is 0 Å². The van der Waals surface area contributed by atoms with Crippen molar-refractivity contribution in [2.45, 2.75) is 13.8 Å². The first-order chi connectivity index (χ1) is 8.88. The molecule has 0 bridgehead atoms. The van der Waals surface area contributed by atoms with E-state index in [1.165, 1.54) is 11.0 Å². The number of hydrogen-bond acceptors (Lipinski definition) is 3. The van der Waals surface area contributed by atoms with Crippen molar-refractivity contribution < 1.29 is 14.4 Å². The Bertz CT molecular complexity index is 503. The molecule has 5 nitrogen and oxygen atoms in total. The van der Waals surface area contributed by atoms with Gasteiger partial charge < -0.3 is 15.8 Å². The Balaban J connectivity index is 2.86. The number of rotatable bonds is 4. The van der Waals surface area contributed by atoms with Crippen molar-refractivity contribution in [3.63, 3.8) is 0 Å². The van der Waals surface area contributed by atoms with Gasteiger partial charge in [-0.05, 0) is 18.6 Å². The second kappa shape index (κ2) is 6.17. The maximum atomic E-state index is 13.8. The lowest BCUT2D eigenvalue weighted by molar-refractivity contribution is 0.0781. The third-order valence-electron chi connectivity index (χ3n) is 2.94. The fourth-order valence-corrected chi connectivity index (χ4v) is 1.70. The van der Waals surface area contributed by atoms with Gasteiger partial charge in [0.25, 0.3) is 5.91 Å². The zero-order valence-corrected chi connectivity index (χ0v) is 11.2. The largest absolute Gasteiger partial charge is 0.409 e. The fourth-order valence-electron chi connectivity index (χ4n) is 1.70. The Hall–Kier alpha value is -2.11. The minimum absolute atomic E-state index is 0.0224. The molecular weight excluding hydrogens is 249 g/mol. The first-order valence-electron chi connectivity index (χ1n) is 5.86. The van der Waals surface area contributed by atoms with Crippen molar-refractivity contribution in [1.82, 2.24) is 4.90 Å². The van der Waals surface area contributed by atoms with E-state index in [9.17, 15) is 9.18 Å². The van der Waals surface area contributed by atoms with Crippen LogP contribution in [-0.4, -0.2) is 35.4 Å². The highest BCUT2D eigenvalue weighted by Crippen LogP contribution is 2.14.